The largest absolute Gasteiger partial charge is 0.339 e. The average molecular weight is 178 g/mol. The summed E-state index contributed by atoms with van der Waals surface area (Å²) >= 11 is 0. The molecule has 0 bridgehead atoms. The highest BCUT2D eigenvalue weighted by molar-refractivity contribution is 5.65. The van der Waals surface area contributed by atoms with Crippen LogP contribution in [0.25, 0.3) is 0 Å². The number of rotatable bonds is 5. The molecular formula is C7H14O5. The van der Waals surface area contributed by atoms with Gasteiger partial charge < -0.3 is 0 Å². The van der Waals surface area contributed by atoms with Crippen molar-refractivity contribution in [2.45, 2.75) is 39.4 Å². The Hall–Kier alpha value is -0.650. The average Bonchev–Trinajstić information content (AvgIpc) is 2.08. The first-order valence-electron chi connectivity index (χ1n) is 3.79. The molecule has 0 saturated carbocycles. The van der Waals surface area contributed by atoms with Gasteiger partial charge in [-0.2, -0.15) is 4.89 Å². The van der Waals surface area contributed by atoms with E-state index in [2.05, 4.69) is 14.7 Å². The van der Waals surface area contributed by atoms with Gasteiger partial charge in [-0.15, -0.1) is 4.89 Å². The van der Waals surface area contributed by atoms with Crippen molar-refractivity contribution in [1.82, 2.24) is 0 Å². The van der Waals surface area contributed by atoms with E-state index in [1.54, 1.807) is 13.8 Å². The molecule has 0 heterocycles. The molecule has 0 atom stereocenters. The molecule has 0 rings (SSSR count). The molecular weight excluding hydrogens is 164 g/mol. The van der Waals surface area contributed by atoms with Gasteiger partial charge in [0.1, 0.15) is 0 Å². The second kappa shape index (κ2) is 5.08. The molecule has 0 fully saturated rings. The van der Waals surface area contributed by atoms with E-state index in [9.17, 15) is 4.79 Å². The molecule has 0 amide bonds. The van der Waals surface area contributed by atoms with Crippen LogP contribution in [0.5, 0.6) is 0 Å². The molecule has 0 aromatic carbocycles. The monoisotopic (exact) mass is 178 g/mol. The topological polar surface area (TPSA) is 65.0 Å². The molecule has 0 aliphatic carbocycles. The van der Waals surface area contributed by atoms with Crippen LogP contribution in [-0.2, 0) is 19.5 Å². The molecule has 0 aliphatic heterocycles. The van der Waals surface area contributed by atoms with Gasteiger partial charge in [0.15, 0.2) is 0 Å². The Morgan fingerprint density at radius 1 is 1.42 bits per heavy atom. The van der Waals surface area contributed by atoms with Gasteiger partial charge in [-0.1, -0.05) is 13.8 Å². The first kappa shape index (κ1) is 11.4. The third-order valence-electron chi connectivity index (χ3n) is 1.55. The second-order valence-corrected chi connectivity index (χ2v) is 2.37. The highest BCUT2D eigenvalue weighted by Crippen LogP contribution is 2.21. The van der Waals surface area contributed by atoms with Crippen molar-refractivity contribution < 1.29 is 24.7 Å². The number of carbonyl (C=O) groups excluding carboxylic acids is 1. The molecule has 72 valence electrons. The fourth-order valence-corrected chi connectivity index (χ4v) is 0.647. The van der Waals surface area contributed by atoms with Crippen LogP contribution in [0.4, 0.5) is 0 Å². The lowest BCUT2D eigenvalue weighted by Crippen LogP contribution is -2.34. The van der Waals surface area contributed by atoms with Crippen molar-refractivity contribution in [1.29, 1.82) is 0 Å². The van der Waals surface area contributed by atoms with E-state index in [1.165, 1.54) is 6.92 Å². The van der Waals surface area contributed by atoms with E-state index >= 15 is 0 Å². The molecule has 0 aliphatic rings. The Kier molecular flexibility index (Phi) is 4.80. The Labute approximate surface area is 71.1 Å². The Balaban J connectivity index is 4.01. The molecule has 5 heteroatoms. The van der Waals surface area contributed by atoms with E-state index in [0.717, 1.165) is 0 Å². The first-order valence-corrected chi connectivity index (χ1v) is 3.79. The number of hydrogen-bond acceptors (Lipinski definition) is 5. The third-order valence-corrected chi connectivity index (χ3v) is 1.55. The highest BCUT2D eigenvalue weighted by atomic mass is 17.3. The summed E-state index contributed by atoms with van der Waals surface area (Å²) in [5.41, 5.74) is 0. The van der Waals surface area contributed by atoms with Crippen molar-refractivity contribution in [2.24, 2.45) is 0 Å². The molecule has 0 radical (unpaired) electrons. The zero-order chi connectivity index (χ0) is 9.61. The lowest BCUT2D eigenvalue weighted by Gasteiger charge is -2.24. The Morgan fingerprint density at radius 2 is 1.92 bits per heavy atom. The summed E-state index contributed by atoms with van der Waals surface area (Å²) in [6.07, 6.45) is 0.764. The lowest BCUT2D eigenvalue weighted by molar-refractivity contribution is -0.485. The molecule has 0 unspecified atom stereocenters. The van der Waals surface area contributed by atoms with Crippen LogP contribution in [-0.4, -0.2) is 17.0 Å². The van der Waals surface area contributed by atoms with Crippen molar-refractivity contribution in [3.05, 3.63) is 0 Å². The minimum absolute atomic E-state index is 0.382. The maximum Gasteiger partial charge on any atom is 0.339 e. The Morgan fingerprint density at radius 3 is 2.17 bits per heavy atom. The summed E-state index contributed by atoms with van der Waals surface area (Å²) in [6.45, 7) is 4.68. The van der Waals surface area contributed by atoms with Gasteiger partial charge in [0, 0.05) is 19.8 Å². The first-order chi connectivity index (χ1) is 5.60. The SMILES string of the molecule is CCC(CC)(OO)OOC(C)=O. The van der Waals surface area contributed by atoms with Crippen molar-refractivity contribution in [3.8, 4) is 0 Å². The van der Waals surface area contributed by atoms with Gasteiger partial charge in [0.05, 0.1) is 0 Å². The van der Waals surface area contributed by atoms with Crippen molar-refractivity contribution in [3.63, 3.8) is 0 Å². The van der Waals surface area contributed by atoms with Gasteiger partial charge in [0.25, 0.3) is 0 Å². The fourth-order valence-electron chi connectivity index (χ4n) is 0.647. The second-order valence-electron chi connectivity index (χ2n) is 2.37. The van der Waals surface area contributed by atoms with E-state index < -0.39 is 11.8 Å². The van der Waals surface area contributed by atoms with Gasteiger partial charge in [0.2, 0.25) is 5.79 Å². The summed E-state index contributed by atoms with van der Waals surface area (Å²) in [7, 11) is 0. The molecule has 12 heavy (non-hydrogen) atoms. The number of carbonyl (C=O) groups is 1. The lowest BCUT2D eigenvalue weighted by atomic mass is 10.1. The van der Waals surface area contributed by atoms with E-state index in [-0.39, 0.29) is 0 Å². The van der Waals surface area contributed by atoms with Gasteiger partial charge in [-0.3, -0.25) is 4.89 Å². The van der Waals surface area contributed by atoms with Gasteiger partial charge >= 0.3 is 5.97 Å². The number of hydrogen-bond donors (Lipinski definition) is 1. The van der Waals surface area contributed by atoms with Crippen LogP contribution in [0.15, 0.2) is 0 Å². The smallest absolute Gasteiger partial charge is 0.296 e. The maximum absolute atomic E-state index is 10.4. The van der Waals surface area contributed by atoms with Crippen molar-refractivity contribution >= 4 is 5.97 Å². The van der Waals surface area contributed by atoms with E-state index in [1.807, 2.05) is 0 Å². The van der Waals surface area contributed by atoms with Crippen LogP contribution in [0, 0.1) is 0 Å². The molecule has 0 aromatic heterocycles. The summed E-state index contributed by atoms with van der Waals surface area (Å²) in [5, 5.41) is 8.47. The van der Waals surface area contributed by atoms with Crippen LogP contribution in [0.1, 0.15) is 33.6 Å². The zero-order valence-corrected chi connectivity index (χ0v) is 7.49. The third kappa shape index (κ3) is 3.17. The van der Waals surface area contributed by atoms with Crippen LogP contribution in [0.2, 0.25) is 0 Å². The fraction of sp³-hybridized carbons (Fsp3) is 0.857. The molecule has 5 nitrogen and oxygen atoms in total. The van der Waals surface area contributed by atoms with Crippen LogP contribution < -0.4 is 0 Å². The van der Waals surface area contributed by atoms with Gasteiger partial charge in [-0.05, 0) is 0 Å². The Bertz CT molecular complexity index is 132. The molecule has 0 spiro atoms. The normalized spacial score (nSPS) is 11.3. The predicted octanol–water partition coefficient (Wildman–Crippen LogP) is 1.49. The van der Waals surface area contributed by atoms with Crippen molar-refractivity contribution in [2.75, 3.05) is 0 Å². The summed E-state index contributed by atoms with van der Waals surface area (Å²) in [6, 6.07) is 0. The van der Waals surface area contributed by atoms with Gasteiger partial charge in [-0.25, -0.2) is 10.1 Å². The summed E-state index contributed by atoms with van der Waals surface area (Å²) < 4.78 is 0. The van der Waals surface area contributed by atoms with Crippen LogP contribution >= 0.6 is 0 Å². The van der Waals surface area contributed by atoms with E-state index in [0.29, 0.717) is 12.8 Å². The van der Waals surface area contributed by atoms with E-state index in [4.69, 9.17) is 5.26 Å². The highest BCUT2D eigenvalue weighted by Gasteiger charge is 2.31. The minimum Gasteiger partial charge on any atom is -0.296 e. The quantitative estimate of drug-likeness (QED) is 0.392. The predicted molar refractivity (Wildman–Crippen MR) is 39.9 cm³/mol. The minimum atomic E-state index is -1.23. The summed E-state index contributed by atoms with van der Waals surface area (Å²) in [4.78, 5) is 23.3. The molecule has 0 aromatic rings. The standard InChI is InChI=1S/C7H14O5/c1-4-7(5-2,11-9)12-10-6(3)8/h9H,4-5H2,1-3H3. The zero-order valence-electron chi connectivity index (χ0n) is 7.49. The maximum atomic E-state index is 10.4. The molecule has 1 N–H and O–H groups in total. The summed E-state index contributed by atoms with van der Waals surface area (Å²) in [5.74, 6) is -1.82. The van der Waals surface area contributed by atoms with Crippen LogP contribution in [0.3, 0.4) is 0 Å². The molecule has 0 saturated heterocycles.